The van der Waals surface area contributed by atoms with Crippen molar-refractivity contribution in [3.63, 3.8) is 0 Å². The number of nitrogens with one attached hydrogen (secondary N) is 1. The summed E-state index contributed by atoms with van der Waals surface area (Å²) in [6.45, 7) is 15.6. The lowest BCUT2D eigenvalue weighted by Crippen LogP contribution is -2.46. The first kappa shape index (κ1) is 23.9. The van der Waals surface area contributed by atoms with E-state index in [1.165, 1.54) is 6.42 Å². The molecule has 5 nitrogen and oxygen atoms in total. The lowest BCUT2D eigenvalue weighted by molar-refractivity contribution is -0.138. The van der Waals surface area contributed by atoms with Gasteiger partial charge in [0, 0.05) is 25.0 Å². The molecule has 27 heavy (non-hydrogen) atoms. The second-order valence-electron chi connectivity index (χ2n) is 10.2. The molecule has 1 heterocycles. The van der Waals surface area contributed by atoms with Gasteiger partial charge in [-0.25, -0.2) is 0 Å². The van der Waals surface area contributed by atoms with Crippen LogP contribution in [0.5, 0.6) is 0 Å². The molecule has 0 aromatic heterocycles. The van der Waals surface area contributed by atoms with Gasteiger partial charge in [0.05, 0.1) is 0 Å². The molecule has 0 bridgehead atoms. The topological polar surface area (TPSA) is 52.7 Å². The highest BCUT2D eigenvalue weighted by molar-refractivity contribution is 5.88. The summed E-state index contributed by atoms with van der Waals surface area (Å²) in [6, 6.07) is -0.263. The molecule has 0 spiro atoms. The summed E-state index contributed by atoms with van der Waals surface area (Å²) in [4.78, 5) is 29.2. The van der Waals surface area contributed by atoms with Gasteiger partial charge in [-0.2, -0.15) is 0 Å². The number of rotatable bonds is 9. The molecule has 1 rings (SSSR count). The van der Waals surface area contributed by atoms with Gasteiger partial charge in [-0.15, -0.1) is 0 Å². The van der Waals surface area contributed by atoms with Crippen LogP contribution in [-0.2, 0) is 9.59 Å². The van der Waals surface area contributed by atoms with Crippen LogP contribution in [0.3, 0.4) is 0 Å². The molecular weight excluding hydrogens is 338 g/mol. The Kier molecular flexibility index (Phi) is 9.26. The van der Waals surface area contributed by atoms with Crippen LogP contribution in [0.15, 0.2) is 0 Å². The van der Waals surface area contributed by atoms with Crippen molar-refractivity contribution in [3.8, 4) is 0 Å². The Morgan fingerprint density at radius 2 is 1.74 bits per heavy atom. The molecule has 1 aliphatic rings. The molecule has 0 aromatic rings. The summed E-state index contributed by atoms with van der Waals surface area (Å²) in [5.41, 5.74) is 0.464. The smallest absolute Gasteiger partial charge is 0.242 e. The molecule has 158 valence electrons. The van der Waals surface area contributed by atoms with Gasteiger partial charge < -0.3 is 15.1 Å². The third-order valence-electron chi connectivity index (χ3n) is 5.56. The van der Waals surface area contributed by atoms with E-state index in [-0.39, 0.29) is 23.4 Å². The van der Waals surface area contributed by atoms with Crippen LogP contribution < -0.4 is 5.32 Å². The molecule has 5 heteroatoms. The van der Waals surface area contributed by atoms with E-state index in [9.17, 15) is 9.59 Å². The first-order valence-electron chi connectivity index (χ1n) is 10.7. The Balaban J connectivity index is 2.34. The van der Waals surface area contributed by atoms with Gasteiger partial charge in [-0.05, 0) is 71.9 Å². The Hall–Kier alpha value is -1.10. The predicted molar refractivity (Wildman–Crippen MR) is 113 cm³/mol. The summed E-state index contributed by atoms with van der Waals surface area (Å²) in [7, 11) is 2.09. The van der Waals surface area contributed by atoms with Gasteiger partial charge >= 0.3 is 0 Å². The molecule has 1 N–H and O–H groups in total. The first-order valence-corrected chi connectivity index (χ1v) is 10.7. The second kappa shape index (κ2) is 10.4. The minimum absolute atomic E-state index is 0.0309. The van der Waals surface area contributed by atoms with Crippen molar-refractivity contribution in [1.29, 1.82) is 0 Å². The molecule has 1 atom stereocenters. The lowest BCUT2D eigenvalue weighted by Gasteiger charge is -2.32. The molecular formula is C22H43N3O2. The fourth-order valence-corrected chi connectivity index (χ4v) is 3.39. The van der Waals surface area contributed by atoms with Crippen LogP contribution in [0.1, 0.15) is 86.5 Å². The number of carbonyl (C=O) groups excluding carboxylic acids is 2. The van der Waals surface area contributed by atoms with Crippen molar-refractivity contribution >= 4 is 11.8 Å². The van der Waals surface area contributed by atoms with Gasteiger partial charge in [0.15, 0.2) is 0 Å². The van der Waals surface area contributed by atoms with E-state index in [1.54, 1.807) is 0 Å². The van der Waals surface area contributed by atoms with Gasteiger partial charge in [0.1, 0.15) is 6.04 Å². The van der Waals surface area contributed by atoms with Crippen LogP contribution in [0.2, 0.25) is 0 Å². The number of unbranched alkanes of at least 4 members (excludes halogenated alkanes) is 1. The maximum absolute atomic E-state index is 12.6. The van der Waals surface area contributed by atoms with Crippen molar-refractivity contribution in [2.75, 3.05) is 26.7 Å². The van der Waals surface area contributed by atoms with Gasteiger partial charge in [0.2, 0.25) is 11.8 Å². The van der Waals surface area contributed by atoms with Crippen molar-refractivity contribution in [2.45, 2.75) is 98.1 Å². The molecule has 2 amide bonds. The SMILES string of the molecule is CN(CCCC(=O)N1CCCC1C(=O)NCCCCC(C)(C)C)C(C)(C)C. The minimum atomic E-state index is -0.263. The maximum atomic E-state index is 12.6. The molecule has 0 radical (unpaired) electrons. The summed E-state index contributed by atoms with van der Waals surface area (Å²) < 4.78 is 0. The highest BCUT2D eigenvalue weighted by Crippen LogP contribution is 2.22. The van der Waals surface area contributed by atoms with Crippen LogP contribution >= 0.6 is 0 Å². The van der Waals surface area contributed by atoms with E-state index in [0.717, 1.165) is 45.2 Å². The van der Waals surface area contributed by atoms with Crippen LogP contribution in [0, 0.1) is 5.41 Å². The largest absolute Gasteiger partial charge is 0.354 e. The Morgan fingerprint density at radius 1 is 1.07 bits per heavy atom. The van der Waals surface area contributed by atoms with Crippen molar-refractivity contribution < 1.29 is 9.59 Å². The fourth-order valence-electron chi connectivity index (χ4n) is 3.39. The summed E-state index contributed by atoms with van der Waals surface area (Å²) in [5, 5.41) is 3.05. The molecule has 1 unspecified atom stereocenters. The first-order chi connectivity index (χ1) is 12.4. The maximum Gasteiger partial charge on any atom is 0.242 e. The highest BCUT2D eigenvalue weighted by atomic mass is 16.2. The number of likely N-dealkylation sites (tertiary alicyclic amines) is 1. The fraction of sp³-hybridized carbons (Fsp3) is 0.909. The van der Waals surface area contributed by atoms with Crippen LogP contribution in [-0.4, -0.2) is 59.9 Å². The van der Waals surface area contributed by atoms with E-state index in [2.05, 4.69) is 58.8 Å². The Bertz CT molecular complexity index is 477. The molecule has 1 saturated heterocycles. The molecule has 0 aromatic carbocycles. The average molecular weight is 382 g/mol. The van der Waals surface area contributed by atoms with E-state index >= 15 is 0 Å². The van der Waals surface area contributed by atoms with E-state index in [0.29, 0.717) is 18.4 Å². The average Bonchev–Trinajstić information content (AvgIpc) is 3.01. The zero-order chi connectivity index (χ0) is 20.7. The third-order valence-corrected chi connectivity index (χ3v) is 5.56. The number of nitrogens with zero attached hydrogens (tertiary/aromatic N) is 2. The second-order valence-corrected chi connectivity index (χ2v) is 10.2. The Morgan fingerprint density at radius 3 is 2.33 bits per heavy atom. The quantitative estimate of drug-likeness (QED) is 0.618. The zero-order valence-corrected chi connectivity index (χ0v) is 18.9. The molecule has 0 saturated carbocycles. The zero-order valence-electron chi connectivity index (χ0n) is 18.9. The number of hydrogen-bond acceptors (Lipinski definition) is 3. The number of hydrogen-bond donors (Lipinski definition) is 1. The monoisotopic (exact) mass is 381 g/mol. The highest BCUT2D eigenvalue weighted by Gasteiger charge is 2.33. The minimum Gasteiger partial charge on any atom is -0.354 e. The number of amides is 2. The normalized spacial score (nSPS) is 18.2. The lowest BCUT2D eigenvalue weighted by atomic mass is 9.90. The van der Waals surface area contributed by atoms with Crippen molar-refractivity contribution in [1.82, 2.24) is 15.1 Å². The molecule has 1 aliphatic heterocycles. The van der Waals surface area contributed by atoms with Gasteiger partial charge in [-0.3, -0.25) is 9.59 Å². The standard InChI is InChI=1S/C22H43N3O2/c1-21(2,3)14-8-9-15-23-20(27)18-12-10-17-25(18)19(26)13-11-16-24(7)22(4,5)6/h18H,8-17H2,1-7H3,(H,23,27). The van der Waals surface area contributed by atoms with Crippen LogP contribution in [0.25, 0.3) is 0 Å². The summed E-state index contributed by atoms with van der Waals surface area (Å²) in [6.07, 6.45) is 6.37. The van der Waals surface area contributed by atoms with E-state index in [1.807, 2.05) is 4.90 Å². The van der Waals surface area contributed by atoms with Crippen molar-refractivity contribution in [2.24, 2.45) is 5.41 Å². The predicted octanol–water partition coefficient (Wildman–Crippen LogP) is 3.82. The van der Waals surface area contributed by atoms with Crippen molar-refractivity contribution in [3.05, 3.63) is 0 Å². The third kappa shape index (κ3) is 9.09. The van der Waals surface area contributed by atoms with E-state index in [4.69, 9.17) is 0 Å². The van der Waals surface area contributed by atoms with Gasteiger partial charge in [-0.1, -0.05) is 27.2 Å². The summed E-state index contributed by atoms with van der Waals surface area (Å²) >= 11 is 0. The number of carbonyl (C=O) groups is 2. The van der Waals surface area contributed by atoms with E-state index < -0.39 is 0 Å². The summed E-state index contributed by atoms with van der Waals surface area (Å²) in [5.74, 6) is 0.158. The molecule has 0 aliphatic carbocycles. The van der Waals surface area contributed by atoms with Gasteiger partial charge in [0.25, 0.3) is 0 Å². The molecule has 1 fully saturated rings. The van der Waals surface area contributed by atoms with Crippen LogP contribution in [0.4, 0.5) is 0 Å². The Labute approximate surface area is 167 Å².